The van der Waals surface area contributed by atoms with Gasteiger partial charge in [-0.05, 0) is 161 Å². The van der Waals surface area contributed by atoms with Crippen molar-refractivity contribution in [3.05, 3.63) is 0 Å². The number of esters is 8. The lowest BCUT2D eigenvalue weighted by molar-refractivity contribution is -0.199. The Morgan fingerprint density at radius 1 is 0.515 bits per heavy atom. The summed E-state index contributed by atoms with van der Waals surface area (Å²) < 4.78 is 43.4. The molecule has 0 aromatic carbocycles. The van der Waals surface area contributed by atoms with E-state index in [-0.39, 0.29) is 73.2 Å². The molecule has 0 saturated heterocycles. The second kappa shape index (κ2) is 22.2. The van der Waals surface area contributed by atoms with Gasteiger partial charge in [0.1, 0.15) is 29.0 Å². The van der Waals surface area contributed by atoms with Gasteiger partial charge in [-0.2, -0.15) is 0 Å². The van der Waals surface area contributed by atoms with Crippen molar-refractivity contribution in [2.45, 2.75) is 202 Å². The summed E-state index contributed by atoms with van der Waals surface area (Å²) in [4.78, 5) is 101. The molecule has 10 unspecified atom stereocenters. The maximum Gasteiger partial charge on any atom is 0.344 e. The zero-order valence-electron chi connectivity index (χ0n) is 41.7. The highest BCUT2D eigenvalue weighted by Crippen LogP contribution is 2.69. The smallest absolute Gasteiger partial charge is 0.344 e. The third-order valence-corrected chi connectivity index (χ3v) is 14.2. The van der Waals surface area contributed by atoms with Crippen molar-refractivity contribution in [2.24, 2.45) is 46.3 Å². The van der Waals surface area contributed by atoms with E-state index in [1.54, 1.807) is 62.3 Å². The van der Waals surface area contributed by atoms with Crippen molar-refractivity contribution < 1.29 is 76.3 Å². The summed E-state index contributed by atoms with van der Waals surface area (Å²) >= 11 is 0. The maximum absolute atomic E-state index is 13.7. The third-order valence-electron chi connectivity index (χ3n) is 14.2. The molecule has 4 aliphatic carbocycles. The maximum atomic E-state index is 13.7. The Hall–Kier alpha value is -4.24. The lowest BCUT2D eigenvalue weighted by Crippen LogP contribution is -2.59. The topological polar surface area (TPSA) is 210 Å². The molecule has 0 aliphatic heterocycles. The van der Waals surface area contributed by atoms with E-state index in [9.17, 15) is 38.4 Å². The largest absolute Gasteiger partial charge is 0.462 e. The molecule has 0 heterocycles. The van der Waals surface area contributed by atoms with E-state index < -0.39 is 95.9 Å². The molecule has 16 nitrogen and oxygen atoms in total. The molecule has 0 radical (unpaired) electrons. The van der Waals surface area contributed by atoms with Crippen LogP contribution in [0.5, 0.6) is 0 Å². The van der Waals surface area contributed by atoms with Crippen LogP contribution < -0.4 is 0 Å². The van der Waals surface area contributed by atoms with Crippen molar-refractivity contribution in [2.75, 3.05) is 19.8 Å². The molecular weight excluding hydrogens is 857 g/mol. The van der Waals surface area contributed by atoms with Gasteiger partial charge in [0.05, 0.1) is 25.7 Å². The van der Waals surface area contributed by atoms with Crippen molar-refractivity contribution in [1.82, 2.24) is 0 Å². The van der Waals surface area contributed by atoms with E-state index in [0.717, 1.165) is 32.1 Å². The minimum absolute atomic E-state index is 0.0542. The molecule has 4 aliphatic rings. The molecule has 374 valence electrons. The fourth-order valence-electron chi connectivity index (χ4n) is 11.6. The highest BCUT2D eigenvalue weighted by Gasteiger charge is 2.65. The normalized spacial score (nSPS) is 28.8. The summed E-state index contributed by atoms with van der Waals surface area (Å²) in [7, 11) is 0. The van der Waals surface area contributed by atoms with Crippen LogP contribution in [0.1, 0.15) is 173 Å². The average molecular weight is 935 g/mol. The first-order valence-electron chi connectivity index (χ1n) is 24.0. The second-order valence-corrected chi connectivity index (χ2v) is 22.6. The van der Waals surface area contributed by atoms with Crippen molar-refractivity contribution in [3.63, 3.8) is 0 Å². The molecule has 4 rings (SSSR count). The average Bonchev–Trinajstić information content (AvgIpc) is 3.55. The van der Waals surface area contributed by atoms with Crippen LogP contribution in [0.25, 0.3) is 0 Å². The molecular formula is C50H78O16. The molecule has 4 fully saturated rings. The Bertz CT molecular complexity index is 1770. The molecule has 16 heteroatoms. The molecule has 10 atom stereocenters. The molecule has 0 amide bonds. The highest BCUT2D eigenvalue weighted by atomic mass is 16.6. The molecule has 0 bridgehead atoms. The zero-order chi connectivity index (χ0) is 49.4. The van der Waals surface area contributed by atoms with Crippen LogP contribution in [-0.2, 0) is 76.3 Å². The Labute approximate surface area is 391 Å². The first-order valence-corrected chi connectivity index (χ1v) is 24.0. The molecule has 0 aromatic rings. The van der Waals surface area contributed by atoms with E-state index >= 15 is 0 Å². The summed E-state index contributed by atoms with van der Waals surface area (Å²) in [6.45, 7) is 20.6. The first kappa shape index (κ1) is 54.4. The van der Waals surface area contributed by atoms with Gasteiger partial charge in [-0.25, -0.2) is 14.4 Å². The monoisotopic (exact) mass is 935 g/mol. The van der Waals surface area contributed by atoms with E-state index in [1.165, 1.54) is 0 Å². The van der Waals surface area contributed by atoms with Gasteiger partial charge in [-0.15, -0.1) is 0 Å². The van der Waals surface area contributed by atoms with Crippen LogP contribution >= 0.6 is 0 Å². The Morgan fingerprint density at radius 2 is 0.970 bits per heavy atom. The van der Waals surface area contributed by atoms with Crippen molar-refractivity contribution >= 4 is 47.8 Å². The number of hydrogen-bond acceptors (Lipinski definition) is 16. The predicted octanol–water partition coefficient (Wildman–Crippen LogP) is 7.71. The van der Waals surface area contributed by atoms with Gasteiger partial charge in [0.2, 0.25) is 0 Å². The van der Waals surface area contributed by atoms with Gasteiger partial charge in [0.25, 0.3) is 0 Å². The van der Waals surface area contributed by atoms with Crippen LogP contribution in [0.2, 0.25) is 0 Å². The van der Waals surface area contributed by atoms with Crippen LogP contribution in [0.4, 0.5) is 0 Å². The van der Waals surface area contributed by atoms with E-state index in [4.69, 9.17) is 37.9 Å². The van der Waals surface area contributed by atoms with E-state index in [0.29, 0.717) is 31.6 Å². The molecule has 0 N–H and O–H groups in total. The number of fused-ring (bicyclic) bond motifs is 5. The Kier molecular flexibility index (Phi) is 18.3. The number of carbonyl (C=O) groups excluding carboxylic acids is 8. The van der Waals surface area contributed by atoms with Crippen LogP contribution in [-0.4, -0.2) is 96.6 Å². The highest BCUT2D eigenvalue weighted by molar-refractivity contribution is 5.81. The standard InChI is InChI=1S/C50H78O16/c1-30(13-18-38(51)59-27-43(56)64-46(2,3)4)34-16-17-35-33-15-14-31-25-32(62-41(54)21-19-39(52)60-28-44(57)65-47(5,6)7)23-24-49(31,11)36(33)26-37(50(34,35)12)63-42(55)22-20-40(53)61-29-45(58)66-48(8,9)10/h30-37H,13-29H2,1-12H3. The minimum atomic E-state index is -0.741. The Morgan fingerprint density at radius 3 is 1.45 bits per heavy atom. The van der Waals surface area contributed by atoms with Crippen molar-refractivity contribution in [1.29, 1.82) is 0 Å². The third kappa shape index (κ3) is 15.7. The molecule has 4 saturated carbocycles. The first-order chi connectivity index (χ1) is 30.5. The fraction of sp³-hybridized carbons (Fsp3) is 0.840. The predicted molar refractivity (Wildman–Crippen MR) is 238 cm³/mol. The summed E-state index contributed by atoms with van der Waals surface area (Å²) in [5.41, 5.74) is -2.72. The van der Waals surface area contributed by atoms with Crippen molar-refractivity contribution in [3.8, 4) is 0 Å². The van der Waals surface area contributed by atoms with Gasteiger partial charge in [-0.1, -0.05) is 20.8 Å². The number of hydrogen-bond donors (Lipinski definition) is 0. The van der Waals surface area contributed by atoms with Gasteiger partial charge < -0.3 is 37.9 Å². The van der Waals surface area contributed by atoms with Crippen LogP contribution in [0, 0.1) is 46.3 Å². The number of carbonyl (C=O) groups is 8. The molecule has 66 heavy (non-hydrogen) atoms. The second-order valence-electron chi connectivity index (χ2n) is 22.6. The lowest BCUT2D eigenvalue weighted by atomic mass is 9.43. The van der Waals surface area contributed by atoms with Gasteiger partial charge in [0, 0.05) is 11.8 Å². The summed E-state index contributed by atoms with van der Waals surface area (Å²) in [6.07, 6.45) is 5.45. The van der Waals surface area contributed by atoms with Gasteiger partial charge in [0.15, 0.2) is 19.8 Å². The number of ether oxygens (including phenoxy) is 8. The molecule has 0 spiro atoms. The summed E-state index contributed by atoms with van der Waals surface area (Å²) in [5, 5.41) is 0. The molecule has 0 aromatic heterocycles. The Balaban J connectivity index is 1.42. The fourth-order valence-corrected chi connectivity index (χ4v) is 11.6. The van der Waals surface area contributed by atoms with Crippen LogP contribution in [0.3, 0.4) is 0 Å². The quantitative estimate of drug-likeness (QED) is 0.0951. The summed E-state index contributed by atoms with van der Waals surface area (Å²) in [5.74, 6) is -3.69. The lowest BCUT2D eigenvalue weighted by Gasteiger charge is -2.62. The zero-order valence-corrected chi connectivity index (χ0v) is 41.7. The number of rotatable bonds is 18. The van der Waals surface area contributed by atoms with E-state index in [1.807, 2.05) is 0 Å². The van der Waals surface area contributed by atoms with Gasteiger partial charge in [-0.3, -0.25) is 24.0 Å². The minimum Gasteiger partial charge on any atom is -0.462 e. The van der Waals surface area contributed by atoms with Gasteiger partial charge >= 0.3 is 47.8 Å². The van der Waals surface area contributed by atoms with E-state index in [2.05, 4.69) is 20.8 Å². The summed E-state index contributed by atoms with van der Waals surface area (Å²) in [6, 6.07) is 0. The van der Waals surface area contributed by atoms with Crippen LogP contribution in [0.15, 0.2) is 0 Å². The SMILES string of the molecule is CC(CCC(=O)OCC(=O)OC(C)(C)C)C1CCC2C3CCC4CC(OC(=O)CCC(=O)OCC(=O)OC(C)(C)C)CCC4(C)C3CC(OC(=O)CCC(=O)OCC(=O)OC(C)(C)C)C12C.